The van der Waals surface area contributed by atoms with Crippen molar-refractivity contribution in [1.29, 1.82) is 0 Å². The van der Waals surface area contributed by atoms with Crippen molar-refractivity contribution in [3.05, 3.63) is 95.0 Å². The molecule has 0 heterocycles. The molecule has 0 aliphatic carbocycles. The minimum atomic E-state index is -1.11. The number of hydrogen-bond acceptors (Lipinski definition) is 5. The normalized spacial score (nSPS) is 12.8. The summed E-state index contributed by atoms with van der Waals surface area (Å²) in [6.45, 7) is 0. The van der Waals surface area contributed by atoms with Crippen LogP contribution in [0.15, 0.2) is 78.9 Å². The molecule has 3 rings (SSSR count). The van der Waals surface area contributed by atoms with Crippen molar-refractivity contribution in [2.75, 3.05) is 0 Å². The van der Waals surface area contributed by atoms with Gasteiger partial charge in [0, 0.05) is 16.1 Å². The lowest BCUT2D eigenvalue weighted by atomic mass is 10.2. The Balaban J connectivity index is 1.61. The number of carbonyl (C=O) groups is 1. The minimum Gasteiger partial charge on any atom is -0.457 e. The second-order valence-electron chi connectivity index (χ2n) is 5.92. The Labute approximate surface area is 168 Å². The Kier molecular flexibility index (Phi) is 6.62. The van der Waals surface area contributed by atoms with Crippen molar-refractivity contribution in [2.45, 2.75) is 12.6 Å². The first-order valence-corrected chi connectivity index (χ1v) is 8.95. The van der Waals surface area contributed by atoms with E-state index < -0.39 is 18.5 Å². The lowest BCUT2D eigenvalue weighted by Gasteiger charge is -2.21. The Morgan fingerprint density at radius 1 is 0.893 bits per heavy atom. The molecule has 0 aromatic heterocycles. The standard InChI is InChI=1S/C21H20ClN3O3/c22-18-12-5-4-11-17(18)19(23)28-21(24)25-20(26)14-7-6-10-16(13-14)27-15-8-2-1-3-9-15/h1-13,19,21H,23-24H2,(H,25,26). The van der Waals surface area contributed by atoms with Crippen molar-refractivity contribution >= 4 is 17.5 Å². The first-order chi connectivity index (χ1) is 13.5. The molecule has 3 aromatic carbocycles. The molecule has 0 bridgehead atoms. The maximum Gasteiger partial charge on any atom is 0.254 e. The summed E-state index contributed by atoms with van der Waals surface area (Å²) >= 11 is 6.09. The van der Waals surface area contributed by atoms with Gasteiger partial charge in [0.05, 0.1) is 0 Å². The molecular formula is C21H20ClN3O3. The van der Waals surface area contributed by atoms with Crippen LogP contribution in [0.5, 0.6) is 11.5 Å². The number of hydrogen-bond donors (Lipinski definition) is 3. The molecule has 28 heavy (non-hydrogen) atoms. The molecule has 0 saturated carbocycles. The third-order valence-corrected chi connectivity index (χ3v) is 4.20. The van der Waals surface area contributed by atoms with E-state index in [2.05, 4.69) is 5.32 Å². The number of nitrogens with two attached hydrogens (primary N) is 2. The van der Waals surface area contributed by atoms with Crippen LogP contribution in [-0.2, 0) is 4.74 Å². The van der Waals surface area contributed by atoms with Crippen LogP contribution in [0.25, 0.3) is 0 Å². The molecule has 0 fully saturated rings. The predicted octanol–water partition coefficient (Wildman–Crippen LogP) is 3.78. The SMILES string of the molecule is NC(NC(=O)c1cccc(Oc2ccccc2)c1)OC(N)c1ccccc1Cl. The fraction of sp³-hybridized carbons (Fsp3) is 0.0952. The zero-order chi connectivity index (χ0) is 19.9. The van der Waals surface area contributed by atoms with Crippen LogP contribution in [0.3, 0.4) is 0 Å². The summed E-state index contributed by atoms with van der Waals surface area (Å²) in [5.74, 6) is 0.782. The van der Waals surface area contributed by atoms with E-state index >= 15 is 0 Å². The summed E-state index contributed by atoms with van der Waals surface area (Å²) < 4.78 is 11.2. The smallest absolute Gasteiger partial charge is 0.254 e. The number of amides is 1. The lowest BCUT2D eigenvalue weighted by Crippen LogP contribution is -2.45. The third kappa shape index (κ3) is 5.31. The van der Waals surface area contributed by atoms with Crippen LogP contribution in [0, 0.1) is 0 Å². The van der Waals surface area contributed by atoms with Gasteiger partial charge in [0.25, 0.3) is 5.91 Å². The van der Waals surface area contributed by atoms with Crippen LogP contribution in [0.1, 0.15) is 22.1 Å². The van der Waals surface area contributed by atoms with Gasteiger partial charge in [-0.1, -0.05) is 54.1 Å². The Morgan fingerprint density at radius 3 is 2.32 bits per heavy atom. The molecule has 2 unspecified atom stereocenters. The molecule has 2 atom stereocenters. The van der Waals surface area contributed by atoms with Gasteiger partial charge in [0.2, 0.25) is 0 Å². The second-order valence-corrected chi connectivity index (χ2v) is 6.32. The first-order valence-electron chi connectivity index (χ1n) is 8.58. The number of rotatable bonds is 7. The van der Waals surface area contributed by atoms with Gasteiger partial charge in [0.15, 0.2) is 6.35 Å². The van der Waals surface area contributed by atoms with Crippen molar-refractivity contribution in [3.63, 3.8) is 0 Å². The zero-order valence-electron chi connectivity index (χ0n) is 14.9. The van der Waals surface area contributed by atoms with Crippen molar-refractivity contribution in [3.8, 4) is 11.5 Å². The van der Waals surface area contributed by atoms with E-state index in [1.165, 1.54) is 0 Å². The van der Waals surface area contributed by atoms with Gasteiger partial charge in [-0.3, -0.25) is 10.5 Å². The van der Waals surface area contributed by atoms with Gasteiger partial charge in [0.1, 0.15) is 17.7 Å². The molecule has 0 spiro atoms. The van der Waals surface area contributed by atoms with E-state index in [9.17, 15) is 4.79 Å². The van der Waals surface area contributed by atoms with Crippen LogP contribution in [-0.4, -0.2) is 12.3 Å². The maximum atomic E-state index is 12.5. The molecule has 0 aliphatic heterocycles. The molecule has 3 aromatic rings. The van der Waals surface area contributed by atoms with Crippen LogP contribution < -0.4 is 21.5 Å². The molecule has 5 N–H and O–H groups in total. The highest BCUT2D eigenvalue weighted by Gasteiger charge is 2.17. The minimum absolute atomic E-state index is 0.374. The van der Waals surface area contributed by atoms with Gasteiger partial charge in [-0.2, -0.15) is 0 Å². The molecular weight excluding hydrogens is 378 g/mol. The summed E-state index contributed by atoms with van der Waals surface area (Å²) in [4.78, 5) is 12.5. The number of ether oxygens (including phenoxy) is 2. The Hall–Kier alpha value is -2.90. The van der Waals surface area contributed by atoms with Gasteiger partial charge in [-0.15, -0.1) is 0 Å². The highest BCUT2D eigenvalue weighted by Crippen LogP contribution is 2.23. The average Bonchev–Trinajstić information content (AvgIpc) is 2.69. The van der Waals surface area contributed by atoms with E-state index in [1.807, 2.05) is 30.3 Å². The molecule has 144 valence electrons. The average molecular weight is 398 g/mol. The highest BCUT2D eigenvalue weighted by molar-refractivity contribution is 6.31. The lowest BCUT2D eigenvalue weighted by molar-refractivity contribution is -0.0215. The van der Waals surface area contributed by atoms with Crippen LogP contribution in [0.4, 0.5) is 0 Å². The summed E-state index contributed by atoms with van der Waals surface area (Å²) in [5, 5.41) is 3.00. The maximum absolute atomic E-state index is 12.5. The number of nitrogens with one attached hydrogen (secondary N) is 1. The molecule has 7 heteroatoms. The van der Waals surface area contributed by atoms with E-state index in [1.54, 1.807) is 48.5 Å². The third-order valence-electron chi connectivity index (χ3n) is 3.85. The van der Waals surface area contributed by atoms with Crippen molar-refractivity contribution < 1.29 is 14.3 Å². The van der Waals surface area contributed by atoms with Crippen LogP contribution in [0.2, 0.25) is 5.02 Å². The molecule has 1 amide bonds. The fourth-order valence-corrected chi connectivity index (χ4v) is 2.75. The van der Waals surface area contributed by atoms with E-state index in [4.69, 9.17) is 32.5 Å². The zero-order valence-corrected chi connectivity index (χ0v) is 15.7. The second kappa shape index (κ2) is 9.34. The Bertz CT molecular complexity index is 937. The number of halogens is 1. The Morgan fingerprint density at radius 2 is 1.57 bits per heavy atom. The van der Waals surface area contributed by atoms with Gasteiger partial charge < -0.3 is 20.5 Å². The number of para-hydroxylation sites is 1. The van der Waals surface area contributed by atoms with Crippen molar-refractivity contribution in [1.82, 2.24) is 5.32 Å². The van der Waals surface area contributed by atoms with E-state index in [0.717, 1.165) is 0 Å². The summed E-state index contributed by atoms with van der Waals surface area (Å²) in [5.41, 5.74) is 12.8. The predicted molar refractivity (Wildman–Crippen MR) is 108 cm³/mol. The summed E-state index contributed by atoms with van der Waals surface area (Å²) in [6.07, 6.45) is -1.99. The highest BCUT2D eigenvalue weighted by atomic mass is 35.5. The van der Waals surface area contributed by atoms with Gasteiger partial charge in [-0.25, -0.2) is 0 Å². The van der Waals surface area contributed by atoms with Gasteiger partial charge >= 0.3 is 0 Å². The quantitative estimate of drug-likeness (QED) is 0.527. The summed E-state index contributed by atoms with van der Waals surface area (Å²) in [7, 11) is 0. The van der Waals surface area contributed by atoms with Crippen molar-refractivity contribution in [2.24, 2.45) is 11.5 Å². The first kappa shape index (κ1) is 19.9. The molecule has 6 nitrogen and oxygen atoms in total. The molecule has 0 aliphatic rings. The topological polar surface area (TPSA) is 99.6 Å². The summed E-state index contributed by atoms with van der Waals surface area (Å²) in [6, 6.07) is 23.0. The monoisotopic (exact) mass is 397 g/mol. The molecule has 0 saturated heterocycles. The van der Waals surface area contributed by atoms with E-state index in [0.29, 0.717) is 27.6 Å². The largest absolute Gasteiger partial charge is 0.457 e. The van der Waals surface area contributed by atoms with Gasteiger partial charge in [-0.05, 0) is 36.4 Å². The fourth-order valence-electron chi connectivity index (χ4n) is 2.51. The van der Waals surface area contributed by atoms with E-state index in [-0.39, 0.29) is 0 Å². The molecule has 0 radical (unpaired) electrons. The number of carbonyl (C=O) groups excluding carboxylic acids is 1. The van der Waals surface area contributed by atoms with Crippen LogP contribution >= 0.6 is 11.6 Å². The number of benzene rings is 3.